The van der Waals surface area contributed by atoms with Gasteiger partial charge in [0.2, 0.25) is 5.91 Å². The molecule has 0 bridgehead atoms. The zero-order chi connectivity index (χ0) is 16.2. The summed E-state index contributed by atoms with van der Waals surface area (Å²) in [6, 6.07) is 13.1. The van der Waals surface area contributed by atoms with Crippen LogP contribution in [0.5, 0.6) is 0 Å². The normalized spacial score (nSPS) is 12.0. The highest BCUT2D eigenvalue weighted by atomic mass is 16.2. The van der Waals surface area contributed by atoms with E-state index in [9.17, 15) is 9.59 Å². The molecule has 2 aromatic heterocycles. The molecule has 5 nitrogen and oxygen atoms in total. The van der Waals surface area contributed by atoms with Gasteiger partial charge >= 0.3 is 0 Å². The van der Waals surface area contributed by atoms with Crippen LogP contribution >= 0.6 is 0 Å². The molecular weight excluding hydrogens is 290 g/mol. The maximum Gasteiger partial charge on any atom is 0.259 e. The Labute approximate surface area is 133 Å². The molecule has 1 atom stereocenters. The Morgan fingerprint density at radius 2 is 2.00 bits per heavy atom. The summed E-state index contributed by atoms with van der Waals surface area (Å²) in [5.41, 5.74) is 0.838. The maximum absolute atomic E-state index is 12.4. The van der Waals surface area contributed by atoms with Crippen molar-refractivity contribution in [1.29, 1.82) is 0 Å². The molecule has 0 fully saturated rings. The second-order valence-corrected chi connectivity index (χ2v) is 5.41. The Balaban J connectivity index is 1.76. The van der Waals surface area contributed by atoms with E-state index in [1.54, 1.807) is 30.7 Å². The predicted molar refractivity (Wildman–Crippen MR) is 89.0 cm³/mol. The van der Waals surface area contributed by atoms with Gasteiger partial charge in [0.25, 0.3) is 5.56 Å². The summed E-state index contributed by atoms with van der Waals surface area (Å²) in [5.74, 6) is -0.197. The number of rotatable bonds is 4. The monoisotopic (exact) mass is 307 g/mol. The van der Waals surface area contributed by atoms with Gasteiger partial charge in [-0.15, -0.1) is 0 Å². The third-order valence-electron chi connectivity index (χ3n) is 3.77. The Bertz CT molecular complexity index is 887. The van der Waals surface area contributed by atoms with Crippen LogP contribution in [-0.2, 0) is 11.3 Å². The molecule has 0 unspecified atom stereocenters. The summed E-state index contributed by atoms with van der Waals surface area (Å²) in [4.78, 5) is 28.6. The van der Waals surface area contributed by atoms with Crippen LogP contribution in [0.3, 0.4) is 0 Å². The van der Waals surface area contributed by atoms with Gasteiger partial charge in [0.15, 0.2) is 0 Å². The summed E-state index contributed by atoms with van der Waals surface area (Å²) in [6.45, 7) is 1.91. The van der Waals surface area contributed by atoms with Crippen LogP contribution in [0.1, 0.15) is 18.5 Å². The van der Waals surface area contributed by atoms with Crippen molar-refractivity contribution in [3.8, 4) is 0 Å². The van der Waals surface area contributed by atoms with Crippen molar-refractivity contribution in [2.75, 3.05) is 0 Å². The molecule has 1 N–H and O–H groups in total. The number of aromatic nitrogens is 2. The molecule has 116 valence electrons. The summed E-state index contributed by atoms with van der Waals surface area (Å²) in [5, 5.41) is 4.24. The van der Waals surface area contributed by atoms with Gasteiger partial charge in [-0.1, -0.05) is 30.3 Å². The molecule has 0 spiro atoms. The highest BCUT2D eigenvalue weighted by Gasteiger charge is 2.11. The van der Waals surface area contributed by atoms with E-state index in [-0.39, 0.29) is 24.1 Å². The molecule has 23 heavy (non-hydrogen) atoms. The minimum Gasteiger partial charge on any atom is -0.348 e. The van der Waals surface area contributed by atoms with Crippen LogP contribution < -0.4 is 10.9 Å². The second-order valence-electron chi connectivity index (χ2n) is 5.41. The van der Waals surface area contributed by atoms with Gasteiger partial charge in [-0.2, -0.15) is 0 Å². The molecule has 1 aromatic carbocycles. The largest absolute Gasteiger partial charge is 0.348 e. The molecule has 2 heterocycles. The topological polar surface area (TPSA) is 64.0 Å². The minimum atomic E-state index is -0.197. The van der Waals surface area contributed by atoms with E-state index in [0.29, 0.717) is 5.39 Å². The van der Waals surface area contributed by atoms with Crippen LogP contribution in [0, 0.1) is 0 Å². The van der Waals surface area contributed by atoms with Crippen molar-refractivity contribution in [3.63, 3.8) is 0 Å². The molecule has 3 rings (SSSR count). The molecule has 0 aliphatic heterocycles. The lowest BCUT2D eigenvalue weighted by atomic mass is 10.1. The zero-order valence-electron chi connectivity index (χ0n) is 12.8. The SMILES string of the molecule is C[C@H](NC(=O)Cn1ccc2cnccc2c1=O)c1ccccc1. The Morgan fingerprint density at radius 1 is 1.22 bits per heavy atom. The summed E-state index contributed by atoms with van der Waals surface area (Å²) in [7, 11) is 0. The number of nitrogens with zero attached hydrogens (tertiary/aromatic N) is 2. The Hall–Kier alpha value is -2.95. The highest BCUT2D eigenvalue weighted by molar-refractivity contribution is 5.81. The number of carbonyl (C=O) groups is 1. The van der Waals surface area contributed by atoms with Gasteiger partial charge in [0.05, 0.1) is 11.4 Å². The van der Waals surface area contributed by atoms with Crippen LogP contribution in [0.25, 0.3) is 10.8 Å². The first-order valence-corrected chi connectivity index (χ1v) is 7.42. The summed E-state index contributed by atoms with van der Waals surface area (Å²) >= 11 is 0. The summed E-state index contributed by atoms with van der Waals surface area (Å²) < 4.78 is 1.41. The van der Waals surface area contributed by atoms with Gasteiger partial charge in [-0.25, -0.2) is 0 Å². The van der Waals surface area contributed by atoms with Crippen LogP contribution in [0.2, 0.25) is 0 Å². The number of nitrogens with one attached hydrogen (secondary N) is 1. The van der Waals surface area contributed by atoms with E-state index < -0.39 is 0 Å². The smallest absolute Gasteiger partial charge is 0.259 e. The number of fused-ring (bicyclic) bond motifs is 1. The van der Waals surface area contributed by atoms with Crippen LogP contribution in [-0.4, -0.2) is 15.5 Å². The average molecular weight is 307 g/mol. The second kappa shape index (κ2) is 6.44. The Morgan fingerprint density at radius 3 is 2.78 bits per heavy atom. The number of amides is 1. The number of pyridine rings is 2. The molecule has 0 saturated heterocycles. The first-order chi connectivity index (χ1) is 11.1. The van der Waals surface area contributed by atoms with E-state index in [1.807, 2.05) is 37.3 Å². The number of hydrogen-bond donors (Lipinski definition) is 1. The van der Waals surface area contributed by atoms with E-state index in [2.05, 4.69) is 10.3 Å². The lowest BCUT2D eigenvalue weighted by Crippen LogP contribution is -2.33. The van der Waals surface area contributed by atoms with Crippen molar-refractivity contribution < 1.29 is 4.79 Å². The first-order valence-electron chi connectivity index (χ1n) is 7.42. The molecule has 0 saturated carbocycles. The average Bonchev–Trinajstić information content (AvgIpc) is 2.58. The van der Waals surface area contributed by atoms with Crippen LogP contribution in [0.4, 0.5) is 0 Å². The van der Waals surface area contributed by atoms with E-state index >= 15 is 0 Å². The fourth-order valence-electron chi connectivity index (χ4n) is 2.52. The van der Waals surface area contributed by atoms with Gasteiger partial charge in [0.1, 0.15) is 6.54 Å². The van der Waals surface area contributed by atoms with Crippen molar-refractivity contribution in [3.05, 3.63) is 77.0 Å². The molecule has 3 aromatic rings. The Kier molecular flexibility index (Phi) is 4.19. The number of hydrogen-bond acceptors (Lipinski definition) is 3. The fourth-order valence-corrected chi connectivity index (χ4v) is 2.52. The van der Waals surface area contributed by atoms with Gasteiger partial charge < -0.3 is 9.88 Å². The molecule has 0 aliphatic rings. The zero-order valence-corrected chi connectivity index (χ0v) is 12.8. The minimum absolute atomic E-state index is 0.00568. The first kappa shape index (κ1) is 15.0. The van der Waals surface area contributed by atoms with Crippen molar-refractivity contribution in [2.24, 2.45) is 0 Å². The van der Waals surface area contributed by atoms with Gasteiger partial charge in [-0.05, 0) is 24.6 Å². The molecule has 0 radical (unpaired) electrons. The predicted octanol–water partition coefficient (Wildman–Crippen LogP) is 2.27. The number of benzene rings is 1. The van der Waals surface area contributed by atoms with Crippen molar-refractivity contribution >= 4 is 16.7 Å². The standard InChI is InChI=1S/C18H17N3O2/c1-13(14-5-3-2-4-6-14)20-17(22)12-21-10-8-15-11-19-9-7-16(15)18(21)23/h2-11,13H,12H2,1H3,(H,20,22)/t13-/m0/s1. The molecule has 0 aliphatic carbocycles. The summed E-state index contributed by atoms with van der Waals surface area (Å²) in [6.07, 6.45) is 4.84. The fraction of sp³-hybridized carbons (Fsp3) is 0.167. The van der Waals surface area contributed by atoms with E-state index in [0.717, 1.165) is 10.9 Å². The highest BCUT2D eigenvalue weighted by Crippen LogP contribution is 2.11. The molecular formula is C18H17N3O2. The lowest BCUT2D eigenvalue weighted by Gasteiger charge is -2.15. The third kappa shape index (κ3) is 3.29. The van der Waals surface area contributed by atoms with E-state index in [1.165, 1.54) is 4.57 Å². The lowest BCUT2D eigenvalue weighted by molar-refractivity contribution is -0.122. The van der Waals surface area contributed by atoms with E-state index in [4.69, 9.17) is 0 Å². The quantitative estimate of drug-likeness (QED) is 0.804. The third-order valence-corrected chi connectivity index (χ3v) is 3.77. The molecule has 1 amide bonds. The van der Waals surface area contributed by atoms with Crippen LogP contribution in [0.15, 0.2) is 65.8 Å². The number of carbonyl (C=O) groups excluding carboxylic acids is 1. The maximum atomic E-state index is 12.4. The van der Waals surface area contributed by atoms with Gasteiger partial charge in [0, 0.05) is 24.0 Å². The molecule has 5 heteroatoms. The van der Waals surface area contributed by atoms with Crippen molar-refractivity contribution in [1.82, 2.24) is 14.9 Å². The van der Waals surface area contributed by atoms with Gasteiger partial charge in [-0.3, -0.25) is 14.6 Å². The van der Waals surface area contributed by atoms with Crippen molar-refractivity contribution in [2.45, 2.75) is 19.5 Å².